The minimum atomic E-state index is 0.468. The third-order valence-corrected chi connectivity index (χ3v) is 3.15. The molecule has 1 aliphatic rings. The first-order chi connectivity index (χ1) is 7.58. The van der Waals surface area contributed by atoms with E-state index in [-0.39, 0.29) is 0 Å². The molecule has 2 heterocycles. The molecule has 88 valence electrons. The van der Waals surface area contributed by atoms with E-state index in [0.29, 0.717) is 6.04 Å². The van der Waals surface area contributed by atoms with Crippen molar-refractivity contribution < 1.29 is 0 Å². The summed E-state index contributed by atoms with van der Waals surface area (Å²) in [4.78, 5) is 9.20. The molecule has 16 heavy (non-hydrogen) atoms. The molecular formula is C12H20N4. The van der Waals surface area contributed by atoms with Gasteiger partial charge in [0.2, 0.25) is 0 Å². The van der Waals surface area contributed by atoms with E-state index >= 15 is 0 Å². The Labute approximate surface area is 97.1 Å². The number of piperazine rings is 1. The number of hydrogen-bond donors (Lipinski definition) is 1. The lowest BCUT2D eigenvalue weighted by Crippen LogP contribution is -2.51. The zero-order valence-corrected chi connectivity index (χ0v) is 10.3. The van der Waals surface area contributed by atoms with Crippen molar-refractivity contribution in [3.05, 3.63) is 17.8 Å². The van der Waals surface area contributed by atoms with E-state index < -0.39 is 0 Å². The van der Waals surface area contributed by atoms with Crippen LogP contribution in [0.4, 0.5) is 11.5 Å². The smallest absolute Gasteiger partial charge is 0.152 e. The van der Waals surface area contributed by atoms with E-state index in [1.165, 1.54) is 0 Å². The van der Waals surface area contributed by atoms with Gasteiger partial charge in [-0.05, 0) is 33.0 Å². The zero-order valence-electron chi connectivity index (χ0n) is 10.3. The molecule has 1 aliphatic heterocycles. The summed E-state index contributed by atoms with van der Waals surface area (Å²) in [5.74, 6) is 0.945. The van der Waals surface area contributed by atoms with E-state index in [9.17, 15) is 0 Å². The van der Waals surface area contributed by atoms with Crippen molar-refractivity contribution >= 4 is 11.5 Å². The topological polar surface area (TPSA) is 45.4 Å². The number of nitrogen functional groups attached to an aromatic ring is 1. The van der Waals surface area contributed by atoms with Gasteiger partial charge in [-0.2, -0.15) is 0 Å². The largest absolute Gasteiger partial charge is 0.396 e. The van der Waals surface area contributed by atoms with Crippen molar-refractivity contribution in [2.45, 2.75) is 19.9 Å². The molecule has 0 aliphatic carbocycles. The highest BCUT2D eigenvalue weighted by Crippen LogP contribution is 2.24. The summed E-state index contributed by atoms with van der Waals surface area (Å²) < 4.78 is 0. The molecule has 0 amide bonds. The lowest BCUT2D eigenvalue weighted by atomic mass is 10.2. The van der Waals surface area contributed by atoms with Crippen LogP contribution in [-0.4, -0.2) is 42.6 Å². The third-order valence-electron chi connectivity index (χ3n) is 3.15. The van der Waals surface area contributed by atoms with E-state index in [4.69, 9.17) is 5.73 Å². The summed E-state index contributed by atoms with van der Waals surface area (Å²) >= 11 is 0. The van der Waals surface area contributed by atoms with E-state index in [2.05, 4.69) is 28.8 Å². The van der Waals surface area contributed by atoms with Crippen molar-refractivity contribution in [3.8, 4) is 0 Å². The number of aromatic nitrogens is 1. The number of nitrogens with zero attached hydrogens (tertiary/aromatic N) is 3. The van der Waals surface area contributed by atoms with Gasteiger partial charge >= 0.3 is 0 Å². The van der Waals surface area contributed by atoms with Gasteiger partial charge in [-0.25, -0.2) is 4.98 Å². The highest BCUT2D eigenvalue weighted by atomic mass is 15.3. The van der Waals surface area contributed by atoms with Gasteiger partial charge in [0.05, 0.1) is 5.69 Å². The molecule has 0 bridgehead atoms. The van der Waals surface area contributed by atoms with Gasteiger partial charge in [0.15, 0.2) is 5.82 Å². The molecule has 0 aromatic carbocycles. The van der Waals surface area contributed by atoms with Crippen LogP contribution in [0.3, 0.4) is 0 Å². The standard InChI is InChI=1S/C12H20N4/c1-9-4-5-11(13)12(14-9)16-7-6-15(3)8-10(16)2/h4-5,10H,6-8,13H2,1-3H3. The molecule has 1 saturated heterocycles. The second-order valence-electron chi connectivity index (χ2n) is 4.67. The van der Waals surface area contributed by atoms with Gasteiger partial charge in [-0.15, -0.1) is 0 Å². The van der Waals surface area contributed by atoms with Crippen LogP contribution in [0.2, 0.25) is 0 Å². The SMILES string of the molecule is Cc1ccc(N)c(N2CCN(C)CC2C)n1. The van der Waals surface area contributed by atoms with E-state index in [0.717, 1.165) is 36.8 Å². The highest BCUT2D eigenvalue weighted by Gasteiger charge is 2.23. The second-order valence-corrected chi connectivity index (χ2v) is 4.67. The fourth-order valence-electron chi connectivity index (χ4n) is 2.24. The minimum Gasteiger partial charge on any atom is -0.396 e. The van der Waals surface area contributed by atoms with Gasteiger partial charge in [-0.3, -0.25) is 0 Å². The minimum absolute atomic E-state index is 0.468. The monoisotopic (exact) mass is 220 g/mol. The van der Waals surface area contributed by atoms with Crippen LogP contribution in [0.1, 0.15) is 12.6 Å². The Balaban J connectivity index is 2.26. The first-order valence-electron chi connectivity index (χ1n) is 5.76. The van der Waals surface area contributed by atoms with Gasteiger partial charge in [-0.1, -0.05) is 0 Å². The first kappa shape index (κ1) is 11.2. The average molecular weight is 220 g/mol. The van der Waals surface area contributed by atoms with Crippen LogP contribution >= 0.6 is 0 Å². The lowest BCUT2D eigenvalue weighted by molar-refractivity contribution is 0.275. The summed E-state index contributed by atoms with van der Waals surface area (Å²) in [5.41, 5.74) is 7.80. The Morgan fingerprint density at radius 1 is 1.38 bits per heavy atom. The average Bonchev–Trinajstić information content (AvgIpc) is 2.22. The van der Waals surface area contributed by atoms with Crippen LogP contribution < -0.4 is 10.6 Å². The summed E-state index contributed by atoms with van der Waals surface area (Å²) in [6.07, 6.45) is 0. The zero-order chi connectivity index (χ0) is 11.7. The Morgan fingerprint density at radius 2 is 2.12 bits per heavy atom. The van der Waals surface area contributed by atoms with Crippen molar-refractivity contribution in [2.75, 3.05) is 37.3 Å². The Bertz CT molecular complexity index is 377. The van der Waals surface area contributed by atoms with Crippen LogP contribution in [-0.2, 0) is 0 Å². The molecular weight excluding hydrogens is 200 g/mol. The maximum atomic E-state index is 6.00. The van der Waals surface area contributed by atoms with Crippen molar-refractivity contribution in [1.82, 2.24) is 9.88 Å². The summed E-state index contributed by atoms with van der Waals surface area (Å²) in [6, 6.07) is 4.37. The maximum Gasteiger partial charge on any atom is 0.152 e. The summed E-state index contributed by atoms with van der Waals surface area (Å²) in [5, 5.41) is 0. The Kier molecular flexibility index (Phi) is 3.01. The van der Waals surface area contributed by atoms with Gasteiger partial charge in [0.25, 0.3) is 0 Å². The van der Waals surface area contributed by atoms with Crippen molar-refractivity contribution in [1.29, 1.82) is 0 Å². The number of pyridine rings is 1. The molecule has 2 N–H and O–H groups in total. The molecule has 0 spiro atoms. The fourth-order valence-corrected chi connectivity index (χ4v) is 2.24. The molecule has 1 aromatic heterocycles. The van der Waals surface area contributed by atoms with Crippen molar-refractivity contribution in [2.24, 2.45) is 0 Å². The predicted molar refractivity (Wildman–Crippen MR) is 67.7 cm³/mol. The molecule has 1 fully saturated rings. The molecule has 0 radical (unpaired) electrons. The summed E-state index contributed by atoms with van der Waals surface area (Å²) in [7, 11) is 2.15. The predicted octanol–water partition coefficient (Wildman–Crippen LogP) is 1.11. The number of likely N-dealkylation sites (N-methyl/N-ethyl adjacent to an activating group) is 1. The molecule has 1 aromatic rings. The maximum absolute atomic E-state index is 6.00. The highest BCUT2D eigenvalue weighted by molar-refractivity contribution is 5.63. The van der Waals surface area contributed by atoms with Gasteiger partial charge in [0, 0.05) is 31.4 Å². The molecule has 0 saturated carbocycles. The van der Waals surface area contributed by atoms with Crippen LogP contribution in [0.25, 0.3) is 0 Å². The molecule has 2 rings (SSSR count). The van der Waals surface area contributed by atoms with Gasteiger partial charge in [0.1, 0.15) is 0 Å². The first-order valence-corrected chi connectivity index (χ1v) is 5.76. The number of hydrogen-bond acceptors (Lipinski definition) is 4. The van der Waals surface area contributed by atoms with Crippen molar-refractivity contribution in [3.63, 3.8) is 0 Å². The Hall–Kier alpha value is -1.29. The number of nitrogens with two attached hydrogens (primary N) is 1. The van der Waals surface area contributed by atoms with Crippen LogP contribution in [0.15, 0.2) is 12.1 Å². The molecule has 4 heteroatoms. The quantitative estimate of drug-likeness (QED) is 0.770. The van der Waals surface area contributed by atoms with E-state index in [1.54, 1.807) is 0 Å². The van der Waals surface area contributed by atoms with Crippen LogP contribution in [0.5, 0.6) is 0 Å². The molecule has 1 unspecified atom stereocenters. The molecule has 1 atom stereocenters. The number of anilines is 2. The Morgan fingerprint density at radius 3 is 2.81 bits per heavy atom. The number of aryl methyl sites for hydroxylation is 1. The third kappa shape index (κ3) is 2.11. The summed E-state index contributed by atoms with van der Waals surface area (Å²) in [6.45, 7) is 7.36. The fraction of sp³-hybridized carbons (Fsp3) is 0.583. The van der Waals surface area contributed by atoms with Gasteiger partial charge < -0.3 is 15.5 Å². The lowest BCUT2D eigenvalue weighted by Gasteiger charge is -2.39. The number of rotatable bonds is 1. The van der Waals surface area contributed by atoms with E-state index in [1.807, 2.05) is 19.1 Å². The second kappa shape index (κ2) is 4.29. The normalized spacial score (nSPS) is 22.4. The van der Waals surface area contributed by atoms with Crippen LogP contribution in [0, 0.1) is 6.92 Å². The molecule has 4 nitrogen and oxygen atoms in total.